The number of hydrogen-bond donors (Lipinski definition) is 2. The van der Waals surface area contributed by atoms with Crippen LogP contribution in [0, 0.1) is 0 Å². The molecule has 1 rings (SSSR count). The number of nitrogens with one attached hydrogen (secondary N) is 2. The van der Waals surface area contributed by atoms with Gasteiger partial charge in [0, 0.05) is 18.6 Å². The highest BCUT2D eigenvalue weighted by atomic mass is 16.6. The van der Waals surface area contributed by atoms with Crippen LogP contribution in [0.3, 0.4) is 0 Å². The summed E-state index contributed by atoms with van der Waals surface area (Å²) in [6, 6.07) is 0.827. The number of carbonyl (C=O) groups is 1. The lowest BCUT2D eigenvalue weighted by Crippen LogP contribution is -2.44. The number of amides is 1. The highest BCUT2D eigenvalue weighted by molar-refractivity contribution is 5.68. The number of alkyl carbamates (subject to hydrolysis) is 1. The van der Waals surface area contributed by atoms with Gasteiger partial charge in [0.25, 0.3) is 0 Å². The summed E-state index contributed by atoms with van der Waals surface area (Å²) in [7, 11) is 0. The van der Waals surface area contributed by atoms with Crippen molar-refractivity contribution in [2.75, 3.05) is 6.54 Å². The van der Waals surface area contributed by atoms with Gasteiger partial charge in [-0.25, -0.2) is 4.79 Å². The molecule has 0 aromatic heterocycles. The molecule has 1 amide bonds. The van der Waals surface area contributed by atoms with Crippen LogP contribution in [-0.4, -0.2) is 30.3 Å². The van der Waals surface area contributed by atoms with E-state index in [2.05, 4.69) is 30.6 Å². The number of ether oxygens (including phenoxy) is 1. The van der Waals surface area contributed by atoms with Gasteiger partial charge in [0.1, 0.15) is 5.60 Å². The SMILES string of the molecule is CC(C)=CCNC1CCC(NC(=O)OC(C)(C)C)CC1. The van der Waals surface area contributed by atoms with Crippen molar-refractivity contribution in [3.05, 3.63) is 11.6 Å². The topological polar surface area (TPSA) is 50.4 Å². The predicted octanol–water partition coefficient (Wildman–Crippen LogP) is 3.38. The molecular formula is C16H30N2O2. The Kier molecular flexibility index (Phi) is 6.53. The van der Waals surface area contributed by atoms with Crippen molar-refractivity contribution in [1.29, 1.82) is 0 Å². The van der Waals surface area contributed by atoms with Crippen molar-refractivity contribution in [2.45, 2.75) is 78.0 Å². The third-order valence-electron chi connectivity index (χ3n) is 3.36. The summed E-state index contributed by atoms with van der Waals surface area (Å²) in [5.74, 6) is 0. The predicted molar refractivity (Wildman–Crippen MR) is 82.8 cm³/mol. The van der Waals surface area contributed by atoms with Crippen molar-refractivity contribution in [1.82, 2.24) is 10.6 Å². The first-order chi connectivity index (χ1) is 9.26. The minimum atomic E-state index is -0.423. The van der Waals surface area contributed by atoms with Gasteiger partial charge in [0.2, 0.25) is 0 Å². The van der Waals surface area contributed by atoms with Gasteiger partial charge in [0.15, 0.2) is 0 Å². The van der Waals surface area contributed by atoms with Crippen LogP contribution in [0.5, 0.6) is 0 Å². The zero-order valence-electron chi connectivity index (χ0n) is 13.6. The summed E-state index contributed by atoms with van der Waals surface area (Å²) in [6.07, 6.45) is 6.18. The van der Waals surface area contributed by atoms with E-state index in [4.69, 9.17) is 4.74 Å². The second kappa shape index (κ2) is 7.67. The number of allylic oxidation sites excluding steroid dienone is 1. The van der Waals surface area contributed by atoms with E-state index in [1.165, 1.54) is 5.57 Å². The molecule has 0 bridgehead atoms. The fourth-order valence-electron chi connectivity index (χ4n) is 2.35. The van der Waals surface area contributed by atoms with Crippen LogP contribution in [0.4, 0.5) is 4.79 Å². The molecule has 0 aromatic rings. The average Bonchev–Trinajstić information content (AvgIpc) is 2.28. The summed E-state index contributed by atoms with van der Waals surface area (Å²) in [5.41, 5.74) is 0.922. The monoisotopic (exact) mass is 282 g/mol. The maximum Gasteiger partial charge on any atom is 0.407 e. The molecule has 1 aliphatic rings. The van der Waals surface area contributed by atoms with E-state index >= 15 is 0 Å². The van der Waals surface area contributed by atoms with E-state index in [0.29, 0.717) is 6.04 Å². The molecule has 0 aromatic carbocycles. The van der Waals surface area contributed by atoms with Crippen LogP contribution in [0.1, 0.15) is 60.3 Å². The summed E-state index contributed by atoms with van der Waals surface area (Å²) in [6.45, 7) is 10.8. The minimum absolute atomic E-state index is 0.256. The van der Waals surface area contributed by atoms with E-state index in [9.17, 15) is 4.79 Å². The molecule has 1 saturated carbocycles. The van der Waals surface area contributed by atoms with E-state index < -0.39 is 5.60 Å². The zero-order valence-corrected chi connectivity index (χ0v) is 13.6. The third kappa shape index (κ3) is 7.53. The largest absolute Gasteiger partial charge is 0.444 e. The molecule has 116 valence electrons. The third-order valence-corrected chi connectivity index (χ3v) is 3.36. The van der Waals surface area contributed by atoms with E-state index in [1.54, 1.807) is 0 Å². The highest BCUT2D eigenvalue weighted by Crippen LogP contribution is 2.19. The van der Waals surface area contributed by atoms with Crippen LogP contribution in [0.25, 0.3) is 0 Å². The van der Waals surface area contributed by atoms with Gasteiger partial charge in [-0.3, -0.25) is 0 Å². The van der Waals surface area contributed by atoms with Crippen molar-refractivity contribution < 1.29 is 9.53 Å². The molecule has 0 atom stereocenters. The molecule has 0 unspecified atom stereocenters. The highest BCUT2D eigenvalue weighted by Gasteiger charge is 2.24. The molecule has 0 spiro atoms. The Hall–Kier alpha value is -1.03. The quantitative estimate of drug-likeness (QED) is 0.777. The molecule has 4 heteroatoms. The van der Waals surface area contributed by atoms with Gasteiger partial charge in [-0.2, -0.15) is 0 Å². The second-order valence-electron chi connectivity index (χ2n) is 6.88. The first-order valence-electron chi connectivity index (χ1n) is 7.62. The first-order valence-corrected chi connectivity index (χ1v) is 7.62. The fourth-order valence-corrected chi connectivity index (χ4v) is 2.35. The van der Waals surface area contributed by atoms with Gasteiger partial charge in [-0.05, 0) is 60.3 Å². The maximum atomic E-state index is 11.7. The van der Waals surface area contributed by atoms with Crippen molar-refractivity contribution in [3.8, 4) is 0 Å². The Labute approximate surface area is 123 Å². The molecule has 1 aliphatic carbocycles. The lowest BCUT2D eigenvalue weighted by Gasteiger charge is -2.30. The molecule has 20 heavy (non-hydrogen) atoms. The first kappa shape index (κ1) is 17.0. The van der Waals surface area contributed by atoms with Crippen LogP contribution in [0.2, 0.25) is 0 Å². The summed E-state index contributed by atoms with van der Waals surface area (Å²) in [4.78, 5) is 11.7. The normalized spacial score (nSPS) is 23.1. The van der Waals surface area contributed by atoms with Crippen LogP contribution in [-0.2, 0) is 4.74 Å². The van der Waals surface area contributed by atoms with Gasteiger partial charge in [0.05, 0.1) is 0 Å². The van der Waals surface area contributed by atoms with Crippen LogP contribution >= 0.6 is 0 Å². The van der Waals surface area contributed by atoms with E-state index in [-0.39, 0.29) is 12.1 Å². The molecule has 2 N–H and O–H groups in total. The number of hydrogen-bond acceptors (Lipinski definition) is 3. The summed E-state index contributed by atoms with van der Waals surface area (Å²) < 4.78 is 5.29. The molecule has 1 fully saturated rings. The molecule has 0 saturated heterocycles. The number of rotatable bonds is 4. The Morgan fingerprint density at radius 3 is 2.20 bits per heavy atom. The molecule has 0 heterocycles. The lowest BCUT2D eigenvalue weighted by atomic mass is 9.91. The van der Waals surface area contributed by atoms with E-state index in [0.717, 1.165) is 32.2 Å². The van der Waals surface area contributed by atoms with Crippen molar-refractivity contribution in [3.63, 3.8) is 0 Å². The van der Waals surface area contributed by atoms with Crippen LogP contribution < -0.4 is 10.6 Å². The Bertz CT molecular complexity index is 333. The Morgan fingerprint density at radius 1 is 1.15 bits per heavy atom. The van der Waals surface area contributed by atoms with Crippen molar-refractivity contribution in [2.24, 2.45) is 0 Å². The van der Waals surface area contributed by atoms with Gasteiger partial charge < -0.3 is 15.4 Å². The molecule has 0 aliphatic heterocycles. The summed E-state index contributed by atoms with van der Waals surface area (Å²) in [5, 5.41) is 6.51. The maximum absolute atomic E-state index is 11.7. The fraction of sp³-hybridized carbons (Fsp3) is 0.812. The summed E-state index contributed by atoms with van der Waals surface area (Å²) >= 11 is 0. The van der Waals surface area contributed by atoms with Gasteiger partial charge in [-0.1, -0.05) is 11.6 Å². The van der Waals surface area contributed by atoms with Crippen molar-refractivity contribution >= 4 is 6.09 Å². The molecular weight excluding hydrogens is 252 g/mol. The standard InChI is InChI=1S/C16H30N2O2/c1-12(2)10-11-17-13-6-8-14(9-7-13)18-15(19)20-16(3,4)5/h10,13-14,17H,6-9,11H2,1-5H3,(H,18,19). The second-order valence-corrected chi connectivity index (χ2v) is 6.88. The Balaban J connectivity index is 2.22. The zero-order chi connectivity index (χ0) is 15.2. The Morgan fingerprint density at radius 2 is 1.70 bits per heavy atom. The molecule has 0 radical (unpaired) electrons. The van der Waals surface area contributed by atoms with Gasteiger partial charge >= 0.3 is 6.09 Å². The van der Waals surface area contributed by atoms with Gasteiger partial charge in [-0.15, -0.1) is 0 Å². The van der Waals surface area contributed by atoms with E-state index in [1.807, 2.05) is 20.8 Å². The number of carbonyl (C=O) groups excluding carboxylic acids is 1. The smallest absolute Gasteiger partial charge is 0.407 e. The minimum Gasteiger partial charge on any atom is -0.444 e. The molecule has 4 nitrogen and oxygen atoms in total. The van der Waals surface area contributed by atoms with Crippen LogP contribution in [0.15, 0.2) is 11.6 Å². The average molecular weight is 282 g/mol. The lowest BCUT2D eigenvalue weighted by molar-refractivity contribution is 0.0490.